The molecule has 0 amide bonds. The van der Waals surface area contributed by atoms with Crippen molar-refractivity contribution < 1.29 is 4.92 Å². The highest BCUT2D eigenvalue weighted by atomic mass is 16.6. The van der Waals surface area contributed by atoms with E-state index in [2.05, 4.69) is 10.4 Å². The van der Waals surface area contributed by atoms with Gasteiger partial charge >= 0.3 is 0 Å². The highest BCUT2D eigenvalue weighted by molar-refractivity contribution is 5.56. The van der Waals surface area contributed by atoms with Crippen LogP contribution in [0.4, 0.5) is 11.4 Å². The van der Waals surface area contributed by atoms with E-state index in [1.54, 1.807) is 10.7 Å². The summed E-state index contributed by atoms with van der Waals surface area (Å²) in [4.78, 5) is 10.3. The summed E-state index contributed by atoms with van der Waals surface area (Å²) in [5.74, 6) is 0. The highest BCUT2D eigenvalue weighted by Crippen LogP contribution is 2.22. The van der Waals surface area contributed by atoms with Gasteiger partial charge in [-0.05, 0) is 18.6 Å². The van der Waals surface area contributed by atoms with Gasteiger partial charge in [0.15, 0.2) is 0 Å². The zero-order chi connectivity index (χ0) is 13.1. The first-order valence-electron chi connectivity index (χ1n) is 5.53. The summed E-state index contributed by atoms with van der Waals surface area (Å²) in [6, 6.07) is 6.68. The van der Waals surface area contributed by atoms with Crippen molar-refractivity contribution in [3.05, 3.63) is 51.8 Å². The lowest BCUT2D eigenvalue weighted by Crippen LogP contribution is -2.03. The van der Waals surface area contributed by atoms with Crippen molar-refractivity contribution in [3.63, 3.8) is 0 Å². The number of aromatic nitrogens is 2. The van der Waals surface area contributed by atoms with Gasteiger partial charge in [0.05, 0.1) is 17.2 Å². The van der Waals surface area contributed by atoms with Crippen LogP contribution in [0.15, 0.2) is 30.5 Å². The Hall–Kier alpha value is -2.37. The number of non-ortho nitro benzene ring substituents is 1. The Kier molecular flexibility index (Phi) is 3.27. The fourth-order valence-electron chi connectivity index (χ4n) is 1.66. The average Bonchev–Trinajstić information content (AvgIpc) is 2.74. The third kappa shape index (κ3) is 2.65. The molecule has 0 bridgehead atoms. The highest BCUT2D eigenvalue weighted by Gasteiger charge is 2.08. The molecule has 6 nitrogen and oxygen atoms in total. The standard InChI is InChI=1S/C12H14N4O2/c1-9-3-4-11(16(17)18)7-12(9)13-8-10-5-6-15(2)14-10/h3-7,13H,8H2,1-2H3. The third-order valence-electron chi connectivity index (χ3n) is 2.66. The molecule has 0 aliphatic carbocycles. The maximum absolute atomic E-state index is 10.7. The predicted molar refractivity (Wildman–Crippen MR) is 68.4 cm³/mol. The molecule has 1 heterocycles. The maximum atomic E-state index is 10.7. The largest absolute Gasteiger partial charge is 0.379 e. The molecule has 1 N–H and O–H groups in total. The van der Waals surface area contributed by atoms with Crippen LogP contribution in [0.1, 0.15) is 11.3 Å². The van der Waals surface area contributed by atoms with Crippen LogP contribution in [0.3, 0.4) is 0 Å². The van der Waals surface area contributed by atoms with Crippen molar-refractivity contribution in [1.29, 1.82) is 0 Å². The molecule has 0 radical (unpaired) electrons. The SMILES string of the molecule is Cc1ccc([N+](=O)[O-])cc1NCc1ccn(C)n1. The number of nitrogens with one attached hydrogen (secondary N) is 1. The number of nitrogens with zero attached hydrogens (tertiary/aromatic N) is 3. The molecule has 0 fully saturated rings. The van der Waals surface area contributed by atoms with Gasteiger partial charge in [-0.2, -0.15) is 5.10 Å². The topological polar surface area (TPSA) is 73.0 Å². The number of hydrogen-bond donors (Lipinski definition) is 1. The van der Waals surface area contributed by atoms with Crippen molar-refractivity contribution in [2.45, 2.75) is 13.5 Å². The van der Waals surface area contributed by atoms with Crippen molar-refractivity contribution in [2.75, 3.05) is 5.32 Å². The molecule has 1 aromatic heterocycles. The van der Waals surface area contributed by atoms with E-state index in [1.165, 1.54) is 12.1 Å². The fourth-order valence-corrected chi connectivity index (χ4v) is 1.66. The maximum Gasteiger partial charge on any atom is 0.271 e. The molecule has 0 aliphatic rings. The molecule has 18 heavy (non-hydrogen) atoms. The van der Waals surface area contributed by atoms with E-state index in [0.29, 0.717) is 6.54 Å². The summed E-state index contributed by atoms with van der Waals surface area (Å²) in [5.41, 5.74) is 2.71. The fraction of sp³-hybridized carbons (Fsp3) is 0.250. The summed E-state index contributed by atoms with van der Waals surface area (Å²) in [7, 11) is 1.85. The number of benzene rings is 1. The second kappa shape index (κ2) is 4.87. The van der Waals surface area contributed by atoms with Crippen LogP contribution in [0, 0.1) is 17.0 Å². The smallest absolute Gasteiger partial charge is 0.271 e. The number of nitro benzene ring substituents is 1. The van der Waals surface area contributed by atoms with Crippen molar-refractivity contribution in [3.8, 4) is 0 Å². The van der Waals surface area contributed by atoms with E-state index in [-0.39, 0.29) is 5.69 Å². The van der Waals surface area contributed by atoms with Crippen molar-refractivity contribution in [1.82, 2.24) is 9.78 Å². The van der Waals surface area contributed by atoms with Gasteiger partial charge in [-0.3, -0.25) is 14.8 Å². The monoisotopic (exact) mass is 246 g/mol. The lowest BCUT2D eigenvalue weighted by molar-refractivity contribution is -0.384. The van der Waals surface area contributed by atoms with Gasteiger partial charge in [-0.15, -0.1) is 0 Å². The molecule has 0 saturated carbocycles. The number of rotatable bonds is 4. The molecule has 0 spiro atoms. The molecule has 0 unspecified atom stereocenters. The van der Waals surface area contributed by atoms with Gasteiger partial charge in [-0.25, -0.2) is 0 Å². The normalized spacial score (nSPS) is 10.3. The van der Waals surface area contributed by atoms with Crippen LogP contribution in [-0.4, -0.2) is 14.7 Å². The zero-order valence-corrected chi connectivity index (χ0v) is 10.3. The summed E-state index contributed by atoms with van der Waals surface area (Å²) < 4.78 is 1.72. The molecule has 2 aromatic rings. The van der Waals surface area contributed by atoms with Crippen LogP contribution in [0.2, 0.25) is 0 Å². The first kappa shape index (κ1) is 12.1. The quantitative estimate of drug-likeness (QED) is 0.663. The molecule has 94 valence electrons. The van der Waals surface area contributed by atoms with Gasteiger partial charge in [0.25, 0.3) is 5.69 Å². The van der Waals surface area contributed by atoms with Crippen LogP contribution in [0.25, 0.3) is 0 Å². The minimum atomic E-state index is -0.397. The molecule has 0 saturated heterocycles. The molecular formula is C12H14N4O2. The van der Waals surface area contributed by atoms with Crippen LogP contribution < -0.4 is 5.32 Å². The molecule has 2 rings (SSSR count). The number of hydrogen-bond acceptors (Lipinski definition) is 4. The Labute approximate surface area is 104 Å². The van der Waals surface area contributed by atoms with Crippen molar-refractivity contribution >= 4 is 11.4 Å². The molecule has 0 atom stereocenters. The third-order valence-corrected chi connectivity index (χ3v) is 2.66. The molecule has 6 heteroatoms. The Morgan fingerprint density at radius 1 is 1.44 bits per heavy atom. The zero-order valence-electron chi connectivity index (χ0n) is 10.3. The van der Waals surface area contributed by atoms with Gasteiger partial charge in [-0.1, -0.05) is 6.07 Å². The summed E-state index contributed by atoms with van der Waals surface area (Å²) in [6.45, 7) is 2.45. The molecule has 0 aliphatic heterocycles. The Morgan fingerprint density at radius 2 is 2.22 bits per heavy atom. The summed E-state index contributed by atoms with van der Waals surface area (Å²) in [5, 5.41) is 18.1. The van der Waals surface area contributed by atoms with Crippen LogP contribution in [-0.2, 0) is 13.6 Å². The second-order valence-electron chi connectivity index (χ2n) is 4.09. The van der Waals surface area contributed by atoms with Crippen molar-refractivity contribution in [2.24, 2.45) is 7.05 Å². The molecule has 1 aromatic carbocycles. The average molecular weight is 246 g/mol. The van der Waals surface area contributed by atoms with Gasteiger partial charge in [0.1, 0.15) is 0 Å². The number of nitro groups is 1. The Morgan fingerprint density at radius 3 is 2.83 bits per heavy atom. The van der Waals surface area contributed by atoms with Gasteiger partial charge in [0.2, 0.25) is 0 Å². The minimum absolute atomic E-state index is 0.0871. The summed E-state index contributed by atoms with van der Waals surface area (Å²) >= 11 is 0. The lowest BCUT2D eigenvalue weighted by Gasteiger charge is -2.07. The van der Waals surface area contributed by atoms with Gasteiger partial charge < -0.3 is 5.32 Å². The lowest BCUT2D eigenvalue weighted by atomic mass is 10.2. The summed E-state index contributed by atoms with van der Waals surface area (Å²) in [6.07, 6.45) is 1.86. The van der Waals surface area contributed by atoms with E-state index in [0.717, 1.165) is 16.9 Å². The van der Waals surface area contributed by atoms with E-state index in [1.807, 2.05) is 26.2 Å². The second-order valence-corrected chi connectivity index (χ2v) is 4.09. The Bertz CT molecular complexity index is 577. The number of anilines is 1. The van der Waals surface area contributed by atoms with E-state index in [4.69, 9.17) is 0 Å². The van der Waals surface area contributed by atoms with E-state index < -0.39 is 4.92 Å². The predicted octanol–water partition coefficient (Wildman–Crippen LogP) is 2.25. The van der Waals surface area contributed by atoms with Crippen LogP contribution >= 0.6 is 0 Å². The number of aryl methyl sites for hydroxylation is 2. The first-order valence-corrected chi connectivity index (χ1v) is 5.53. The van der Waals surface area contributed by atoms with Gasteiger partial charge in [0, 0.05) is 31.1 Å². The van der Waals surface area contributed by atoms with E-state index >= 15 is 0 Å². The Balaban J connectivity index is 2.13. The van der Waals surface area contributed by atoms with Crippen LogP contribution in [0.5, 0.6) is 0 Å². The molecular weight excluding hydrogens is 232 g/mol. The minimum Gasteiger partial charge on any atom is -0.379 e. The first-order chi connectivity index (χ1) is 8.56. The van der Waals surface area contributed by atoms with E-state index in [9.17, 15) is 10.1 Å².